The van der Waals surface area contributed by atoms with Crippen LogP contribution in [0.15, 0.2) is 18.2 Å². The summed E-state index contributed by atoms with van der Waals surface area (Å²) in [5, 5.41) is 0. The molecule has 0 saturated heterocycles. The third-order valence-corrected chi connectivity index (χ3v) is 2.89. The van der Waals surface area contributed by atoms with Crippen LogP contribution in [0.4, 0.5) is 0 Å². The molecule has 0 N–H and O–H groups in total. The van der Waals surface area contributed by atoms with Gasteiger partial charge in [0.05, 0.1) is 25.0 Å². The fourth-order valence-electron chi connectivity index (χ4n) is 1.34. The Kier molecular flexibility index (Phi) is 4.44. The SMILES string of the molecule is CCOc1cccc(OC)c1CS(=O)(=O)Cl. The highest BCUT2D eigenvalue weighted by Gasteiger charge is 2.16. The Morgan fingerprint density at radius 1 is 1.31 bits per heavy atom. The van der Waals surface area contributed by atoms with Gasteiger partial charge in [-0.05, 0) is 19.1 Å². The van der Waals surface area contributed by atoms with Gasteiger partial charge in [-0.3, -0.25) is 0 Å². The van der Waals surface area contributed by atoms with Crippen molar-refractivity contribution in [2.75, 3.05) is 13.7 Å². The minimum Gasteiger partial charge on any atom is -0.496 e. The molecule has 16 heavy (non-hydrogen) atoms. The van der Waals surface area contributed by atoms with E-state index >= 15 is 0 Å². The molecule has 0 saturated carbocycles. The number of ether oxygens (including phenoxy) is 2. The Morgan fingerprint density at radius 3 is 2.44 bits per heavy atom. The zero-order chi connectivity index (χ0) is 12.2. The molecule has 0 atom stereocenters. The van der Waals surface area contributed by atoms with Crippen molar-refractivity contribution in [3.63, 3.8) is 0 Å². The van der Waals surface area contributed by atoms with Gasteiger partial charge >= 0.3 is 0 Å². The number of hydrogen-bond donors (Lipinski definition) is 0. The maximum Gasteiger partial charge on any atom is 0.237 e. The summed E-state index contributed by atoms with van der Waals surface area (Å²) < 4.78 is 32.6. The van der Waals surface area contributed by atoms with Crippen molar-refractivity contribution in [3.8, 4) is 11.5 Å². The van der Waals surface area contributed by atoms with E-state index in [1.165, 1.54) is 7.11 Å². The first-order valence-corrected chi connectivity index (χ1v) is 7.16. The third kappa shape index (κ3) is 3.57. The second kappa shape index (κ2) is 5.41. The van der Waals surface area contributed by atoms with Crippen molar-refractivity contribution in [2.24, 2.45) is 0 Å². The van der Waals surface area contributed by atoms with E-state index in [2.05, 4.69) is 0 Å². The monoisotopic (exact) mass is 264 g/mol. The molecule has 90 valence electrons. The van der Waals surface area contributed by atoms with Crippen molar-refractivity contribution < 1.29 is 17.9 Å². The number of hydrogen-bond acceptors (Lipinski definition) is 4. The summed E-state index contributed by atoms with van der Waals surface area (Å²) in [5.74, 6) is 0.620. The van der Waals surface area contributed by atoms with Gasteiger partial charge in [0.15, 0.2) is 0 Å². The number of methoxy groups -OCH3 is 1. The van der Waals surface area contributed by atoms with Crippen molar-refractivity contribution in [1.29, 1.82) is 0 Å². The van der Waals surface area contributed by atoms with Crippen molar-refractivity contribution in [2.45, 2.75) is 12.7 Å². The Balaban J connectivity index is 3.19. The molecule has 0 bridgehead atoms. The highest BCUT2D eigenvalue weighted by molar-refractivity contribution is 8.13. The third-order valence-electron chi connectivity index (χ3n) is 1.93. The Morgan fingerprint density at radius 2 is 1.94 bits per heavy atom. The molecule has 4 nitrogen and oxygen atoms in total. The number of rotatable bonds is 5. The summed E-state index contributed by atoms with van der Waals surface area (Å²) >= 11 is 0. The van der Waals surface area contributed by atoms with E-state index in [1.807, 2.05) is 6.92 Å². The molecule has 0 aliphatic heterocycles. The van der Waals surface area contributed by atoms with Crippen LogP contribution in [-0.4, -0.2) is 22.1 Å². The Hall–Kier alpha value is -0.940. The molecule has 6 heteroatoms. The summed E-state index contributed by atoms with van der Waals surface area (Å²) in [6.07, 6.45) is 0. The summed E-state index contributed by atoms with van der Waals surface area (Å²) in [6, 6.07) is 5.08. The van der Waals surface area contributed by atoms with Gasteiger partial charge in [0, 0.05) is 10.7 Å². The van der Waals surface area contributed by atoms with E-state index in [-0.39, 0.29) is 5.75 Å². The van der Waals surface area contributed by atoms with Crippen molar-refractivity contribution >= 4 is 19.7 Å². The maximum atomic E-state index is 11.1. The van der Waals surface area contributed by atoms with E-state index in [0.717, 1.165) is 0 Å². The smallest absolute Gasteiger partial charge is 0.237 e. The molecule has 0 aliphatic rings. The molecule has 1 aromatic rings. The molecule has 0 aromatic heterocycles. The number of halogens is 1. The lowest BCUT2D eigenvalue weighted by Gasteiger charge is -2.12. The normalized spacial score (nSPS) is 11.2. The zero-order valence-corrected chi connectivity index (χ0v) is 10.6. The van der Waals surface area contributed by atoms with Crippen molar-refractivity contribution in [1.82, 2.24) is 0 Å². The first-order valence-electron chi connectivity index (χ1n) is 4.69. The predicted molar refractivity (Wildman–Crippen MR) is 62.6 cm³/mol. The quantitative estimate of drug-likeness (QED) is 0.765. The maximum absolute atomic E-state index is 11.1. The molecular formula is C10H13ClO4S. The Bertz CT molecular complexity index is 456. The molecule has 0 aliphatic carbocycles. The second-order valence-electron chi connectivity index (χ2n) is 3.05. The van der Waals surface area contributed by atoms with Gasteiger partial charge in [-0.1, -0.05) is 6.07 Å². The van der Waals surface area contributed by atoms with Crippen LogP contribution in [0.25, 0.3) is 0 Å². The zero-order valence-electron chi connectivity index (χ0n) is 9.07. The van der Waals surface area contributed by atoms with Crippen LogP contribution in [-0.2, 0) is 14.8 Å². The first kappa shape index (κ1) is 13.1. The van der Waals surface area contributed by atoms with Crippen LogP contribution in [0, 0.1) is 0 Å². The Labute approximate surface area is 99.6 Å². The second-order valence-corrected chi connectivity index (χ2v) is 5.83. The van der Waals surface area contributed by atoms with E-state index in [9.17, 15) is 8.42 Å². The van der Waals surface area contributed by atoms with E-state index in [0.29, 0.717) is 23.7 Å². The summed E-state index contributed by atoms with van der Waals surface area (Å²) in [7, 11) is 3.06. The van der Waals surface area contributed by atoms with Crippen LogP contribution in [0.2, 0.25) is 0 Å². The molecule has 1 aromatic carbocycles. The fraction of sp³-hybridized carbons (Fsp3) is 0.400. The molecule has 0 amide bonds. The van der Waals surface area contributed by atoms with Gasteiger partial charge in [0.1, 0.15) is 11.5 Å². The summed E-state index contributed by atoms with van der Waals surface area (Å²) in [4.78, 5) is 0. The lowest BCUT2D eigenvalue weighted by Crippen LogP contribution is -2.03. The summed E-state index contributed by atoms with van der Waals surface area (Å²) in [6.45, 7) is 2.26. The molecule has 0 spiro atoms. The topological polar surface area (TPSA) is 52.6 Å². The first-order chi connectivity index (χ1) is 7.48. The van der Waals surface area contributed by atoms with Gasteiger partial charge in [0.2, 0.25) is 9.05 Å². The largest absolute Gasteiger partial charge is 0.496 e. The minimum atomic E-state index is -3.64. The van der Waals surface area contributed by atoms with E-state index in [1.54, 1.807) is 18.2 Å². The predicted octanol–water partition coefficient (Wildman–Crippen LogP) is 2.16. The van der Waals surface area contributed by atoms with E-state index < -0.39 is 9.05 Å². The molecule has 1 rings (SSSR count). The molecule has 0 fully saturated rings. The highest BCUT2D eigenvalue weighted by Crippen LogP contribution is 2.31. The van der Waals surface area contributed by atoms with Gasteiger partial charge in [-0.25, -0.2) is 8.42 Å². The van der Waals surface area contributed by atoms with Gasteiger partial charge in [0.25, 0.3) is 0 Å². The van der Waals surface area contributed by atoms with Gasteiger partial charge < -0.3 is 9.47 Å². The lowest BCUT2D eigenvalue weighted by molar-refractivity contribution is 0.332. The van der Waals surface area contributed by atoms with Crippen LogP contribution in [0.1, 0.15) is 12.5 Å². The van der Waals surface area contributed by atoms with Crippen LogP contribution < -0.4 is 9.47 Å². The van der Waals surface area contributed by atoms with Gasteiger partial charge in [-0.15, -0.1) is 0 Å². The molecule has 0 radical (unpaired) electrons. The minimum absolute atomic E-state index is 0.312. The summed E-state index contributed by atoms with van der Waals surface area (Å²) in [5.41, 5.74) is 0.446. The van der Waals surface area contributed by atoms with E-state index in [4.69, 9.17) is 20.2 Å². The van der Waals surface area contributed by atoms with Gasteiger partial charge in [-0.2, -0.15) is 0 Å². The molecular weight excluding hydrogens is 252 g/mol. The number of benzene rings is 1. The van der Waals surface area contributed by atoms with Crippen molar-refractivity contribution in [3.05, 3.63) is 23.8 Å². The highest BCUT2D eigenvalue weighted by atomic mass is 35.7. The fourth-order valence-corrected chi connectivity index (χ4v) is 2.30. The van der Waals surface area contributed by atoms with Crippen LogP contribution >= 0.6 is 10.7 Å². The lowest BCUT2D eigenvalue weighted by atomic mass is 10.2. The average Bonchev–Trinajstić information content (AvgIpc) is 2.19. The van der Waals surface area contributed by atoms with Crippen LogP contribution in [0.3, 0.4) is 0 Å². The average molecular weight is 265 g/mol. The standard InChI is InChI=1S/C10H13ClO4S/c1-3-15-10-6-4-5-9(14-2)8(10)7-16(11,12)13/h4-6H,3,7H2,1-2H3. The molecule has 0 unspecified atom stereocenters. The van der Waals surface area contributed by atoms with Crippen LogP contribution in [0.5, 0.6) is 11.5 Å². The molecule has 0 heterocycles.